The van der Waals surface area contributed by atoms with E-state index < -0.39 is 0 Å². The average Bonchev–Trinajstić information content (AvgIpc) is 2.31. The minimum absolute atomic E-state index is 0.124. The Balaban J connectivity index is 2.33. The van der Waals surface area contributed by atoms with Gasteiger partial charge in [-0.05, 0) is 24.3 Å². The lowest BCUT2D eigenvalue weighted by molar-refractivity contribution is 0.298. The summed E-state index contributed by atoms with van der Waals surface area (Å²) in [6.07, 6.45) is 2.33. The fourth-order valence-electron chi connectivity index (χ4n) is 1.39. The Morgan fingerprint density at radius 3 is 2.60 bits per heavy atom. The average molecular weight is 200 g/mol. The summed E-state index contributed by atoms with van der Waals surface area (Å²) in [5, 5.41) is 8.83. The number of rotatable bonds is 3. The van der Waals surface area contributed by atoms with Crippen LogP contribution in [0.1, 0.15) is 5.69 Å². The molecule has 2 aromatic rings. The van der Waals surface area contributed by atoms with Gasteiger partial charge in [-0.15, -0.1) is 0 Å². The second-order valence-corrected chi connectivity index (χ2v) is 3.20. The van der Waals surface area contributed by atoms with E-state index in [1.165, 1.54) is 0 Å². The first-order chi connectivity index (χ1) is 7.40. The van der Waals surface area contributed by atoms with Crippen molar-refractivity contribution in [2.75, 3.05) is 6.61 Å². The third-order valence-corrected chi connectivity index (χ3v) is 2.10. The van der Waals surface area contributed by atoms with Gasteiger partial charge in [-0.1, -0.05) is 12.1 Å². The monoisotopic (exact) mass is 200 g/mol. The van der Waals surface area contributed by atoms with Gasteiger partial charge in [-0.2, -0.15) is 0 Å². The molecule has 0 atom stereocenters. The van der Waals surface area contributed by atoms with E-state index >= 15 is 0 Å². The molecule has 3 heteroatoms. The topological polar surface area (TPSA) is 46.0 Å². The van der Waals surface area contributed by atoms with E-state index in [1.807, 2.05) is 36.4 Å². The SMILES string of the molecule is OCCc1cccc(-c2ccccn2)n1. The molecule has 0 radical (unpaired) electrons. The summed E-state index contributed by atoms with van der Waals surface area (Å²) < 4.78 is 0. The van der Waals surface area contributed by atoms with Crippen LogP contribution in [0.4, 0.5) is 0 Å². The molecule has 0 aliphatic rings. The highest BCUT2D eigenvalue weighted by Crippen LogP contribution is 2.13. The Morgan fingerprint density at radius 2 is 1.87 bits per heavy atom. The van der Waals surface area contributed by atoms with Gasteiger partial charge in [0.1, 0.15) is 0 Å². The number of aliphatic hydroxyl groups excluding tert-OH is 1. The molecule has 2 aromatic heterocycles. The Bertz CT molecular complexity index is 429. The summed E-state index contributed by atoms with van der Waals surface area (Å²) >= 11 is 0. The van der Waals surface area contributed by atoms with Crippen LogP contribution in [0.15, 0.2) is 42.6 Å². The number of aliphatic hydroxyl groups is 1. The van der Waals surface area contributed by atoms with Gasteiger partial charge >= 0.3 is 0 Å². The van der Waals surface area contributed by atoms with Gasteiger partial charge in [0.15, 0.2) is 0 Å². The lowest BCUT2D eigenvalue weighted by Crippen LogP contribution is -1.96. The quantitative estimate of drug-likeness (QED) is 0.819. The van der Waals surface area contributed by atoms with Crippen molar-refractivity contribution in [2.45, 2.75) is 6.42 Å². The van der Waals surface area contributed by atoms with E-state index in [4.69, 9.17) is 5.11 Å². The fraction of sp³-hybridized carbons (Fsp3) is 0.167. The van der Waals surface area contributed by atoms with Gasteiger partial charge in [0.05, 0.1) is 11.4 Å². The molecule has 0 bridgehead atoms. The largest absolute Gasteiger partial charge is 0.396 e. The molecule has 0 aromatic carbocycles. The fourth-order valence-corrected chi connectivity index (χ4v) is 1.39. The van der Waals surface area contributed by atoms with Gasteiger partial charge in [0, 0.05) is 24.9 Å². The third kappa shape index (κ3) is 2.39. The predicted molar refractivity (Wildman–Crippen MR) is 58.3 cm³/mol. The van der Waals surface area contributed by atoms with Gasteiger partial charge < -0.3 is 5.11 Å². The molecule has 0 amide bonds. The second-order valence-electron chi connectivity index (χ2n) is 3.20. The Kier molecular flexibility index (Phi) is 3.05. The molecule has 0 spiro atoms. The number of hydrogen-bond acceptors (Lipinski definition) is 3. The highest BCUT2D eigenvalue weighted by molar-refractivity contribution is 5.53. The van der Waals surface area contributed by atoms with Crippen molar-refractivity contribution in [3.8, 4) is 11.4 Å². The zero-order valence-electron chi connectivity index (χ0n) is 8.30. The van der Waals surface area contributed by atoms with E-state index in [0.717, 1.165) is 17.1 Å². The molecular formula is C12H12N2O. The first-order valence-electron chi connectivity index (χ1n) is 4.88. The lowest BCUT2D eigenvalue weighted by Gasteiger charge is -2.02. The van der Waals surface area contributed by atoms with E-state index in [0.29, 0.717) is 6.42 Å². The van der Waals surface area contributed by atoms with Gasteiger partial charge in [-0.25, -0.2) is 0 Å². The summed E-state index contributed by atoms with van der Waals surface area (Å²) in [7, 11) is 0. The van der Waals surface area contributed by atoms with E-state index in [9.17, 15) is 0 Å². The van der Waals surface area contributed by atoms with Gasteiger partial charge in [0.25, 0.3) is 0 Å². The van der Waals surface area contributed by atoms with Crippen molar-refractivity contribution >= 4 is 0 Å². The number of aromatic nitrogens is 2. The van der Waals surface area contributed by atoms with Crippen LogP contribution in [0, 0.1) is 0 Å². The number of hydrogen-bond donors (Lipinski definition) is 1. The second kappa shape index (κ2) is 4.66. The van der Waals surface area contributed by atoms with Crippen LogP contribution in [0.25, 0.3) is 11.4 Å². The molecule has 2 rings (SSSR count). The molecule has 1 N–H and O–H groups in total. The molecule has 0 saturated heterocycles. The Hall–Kier alpha value is -1.74. The highest BCUT2D eigenvalue weighted by atomic mass is 16.3. The lowest BCUT2D eigenvalue weighted by atomic mass is 10.2. The molecule has 0 unspecified atom stereocenters. The minimum Gasteiger partial charge on any atom is -0.396 e. The highest BCUT2D eigenvalue weighted by Gasteiger charge is 2.00. The summed E-state index contributed by atoms with van der Waals surface area (Å²) in [4.78, 5) is 8.64. The van der Waals surface area contributed by atoms with Crippen LogP contribution in [-0.4, -0.2) is 21.7 Å². The van der Waals surface area contributed by atoms with Gasteiger partial charge in [-0.3, -0.25) is 9.97 Å². The molecule has 76 valence electrons. The third-order valence-electron chi connectivity index (χ3n) is 2.10. The maximum atomic E-state index is 8.83. The standard InChI is InChI=1S/C12H12N2O/c15-9-7-10-4-3-6-12(14-10)11-5-1-2-8-13-11/h1-6,8,15H,7,9H2. The van der Waals surface area contributed by atoms with Crippen molar-refractivity contribution in [3.63, 3.8) is 0 Å². The summed E-state index contributed by atoms with van der Waals surface area (Å²) in [5.41, 5.74) is 2.60. The van der Waals surface area contributed by atoms with E-state index in [1.54, 1.807) is 6.20 Å². The van der Waals surface area contributed by atoms with E-state index in [2.05, 4.69) is 9.97 Å². The zero-order chi connectivity index (χ0) is 10.5. The molecule has 0 aliphatic heterocycles. The normalized spacial score (nSPS) is 10.2. The first-order valence-corrected chi connectivity index (χ1v) is 4.88. The van der Waals surface area contributed by atoms with Crippen molar-refractivity contribution in [3.05, 3.63) is 48.3 Å². The van der Waals surface area contributed by atoms with Crippen molar-refractivity contribution in [1.29, 1.82) is 0 Å². The van der Waals surface area contributed by atoms with Crippen molar-refractivity contribution in [2.24, 2.45) is 0 Å². The molecule has 0 aliphatic carbocycles. The Labute approximate surface area is 88.5 Å². The number of nitrogens with zero attached hydrogens (tertiary/aromatic N) is 2. The zero-order valence-corrected chi connectivity index (χ0v) is 8.30. The summed E-state index contributed by atoms with van der Waals surface area (Å²) in [5.74, 6) is 0. The molecular weight excluding hydrogens is 188 g/mol. The summed E-state index contributed by atoms with van der Waals surface area (Å²) in [6.45, 7) is 0.124. The van der Waals surface area contributed by atoms with Crippen LogP contribution in [-0.2, 0) is 6.42 Å². The van der Waals surface area contributed by atoms with Crippen molar-refractivity contribution in [1.82, 2.24) is 9.97 Å². The van der Waals surface area contributed by atoms with Gasteiger partial charge in [0.2, 0.25) is 0 Å². The van der Waals surface area contributed by atoms with E-state index in [-0.39, 0.29) is 6.61 Å². The Morgan fingerprint density at radius 1 is 1.00 bits per heavy atom. The molecule has 0 saturated carbocycles. The maximum absolute atomic E-state index is 8.83. The number of pyridine rings is 2. The van der Waals surface area contributed by atoms with Crippen LogP contribution >= 0.6 is 0 Å². The molecule has 3 nitrogen and oxygen atoms in total. The maximum Gasteiger partial charge on any atom is 0.0889 e. The summed E-state index contributed by atoms with van der Waals surface area (Å²) in [6, 6.07) is 11.5. The molecule has 15 heavy (non-hydrogen) atoms. The van der Waals surface area contributed by atoms with Crippen LogP contribution in [0.2, 0.25) is 0 Å². The van der Waals surface area contributed by atoms with Crippen LogP contribution in [0.5, 0.6) is 0 Å². The molecule has 2 heterocycles. The predicted octanol–water partition coefficient (Wildman–Crippen LogP) is 1.68. The molecule has 0 fully saturated rings. The van der Waals surface area contributed by atoms with Crippen LogP contribution in [0.3, 0.4) is 0 Å². The first kappa shape index (κ1) is 9.80. The minimum atomic E-state index is 0.124. The van der Waals surface area contributed by atoms with Crippen molar-refractivity contribution < 1.29 is 5.11 Å². The van der Waals surface area contributed by atoms with Crippen LogP contribution < -0.4 is 0 Å². The smallest absolute Gasteiger partial charge is 0.0889 e.